The second kappa shape index (κ2) is 4.96. The van der Waals surface area contributed by atoms with Crippen LogP contribution in [0.4, 0.5) is 0 Å². The van der Waals surface area contributed by atoms with Gasteiger partial charge in [-0.3, -0.25) is 0 Å². The highest BCUT2D eigenvalue weighted by Crippen LogP contribution is 2.25. The topological polar surface area (TPSA) is 46.2 Å². The van der Waals surface area contributed by atoms with Crippen molar-refractivity contribution < 1.29 is 5.11 Å². The Labute approximate surface area is 74.6 Å². The van der Waals surface area contributed by atoms with E-state index in [0.29, 0.717) is 12.0 Å². The summed E-state index contributed by atoms with van der Waals surface area (Å²) >= 11 is 0. The van der Waals surface area contributed by atoms with Crippen LogP contribution in [-0.4, -0.2) is 17.3 Å². The fourth-order valence-electron chi connectivity index (χ4n) is 1.63. The van der Waals surface area contributed by atoms with Gasteiger partial charge in [-0.05, 0) is 38.5 Å². The van der Waals surface area contributed by atoms with Crippen molar-refractivity contribution in [2.45, 2.75) is 44.8 Å². The van der Waals surface area contributed by atoms with Crippen LogP contribution >= 0.6 is 12.4 Å². The standard InChI is InChI=1S/C8H17NO.ClH/c1-6(10)7-2-4-8(9)5-3-7;/h6-8,10H,2-5,9H2,1H3;1H/t6?,7-,8+;. The smallest absolute Gasteiger partial charge is 0.0540 e. The SMILES string of the molecule is CC(O)[C@H]1CC[C@@H](N)CC1.Cl. The molecule has 1 rings (SSSR count). The molecule has 1 saturated carbocycles. The Morgan fingerprint density at radius 1 is 1.27 bits per heavy atom. The van der Waals surface area contributed by atoms with Gasteiger partial charge in [0.05, 0.1) is 6.10 Å². The highest BCUT2D eigenvalue weighted by atomic mass is 35.5. The number of halogens is 1. The summed E-state index contributed by atoms with van der Waals surface area (Å²) in [6, 6.07) is 0.398. The van der Waals surface area contributed by atoms with E-state index in [-0.39, 0.29) is 18.5 Å². The van der Waals surface area contributed by atoms with E-state index >= 15 is 0 Å². The highest BCUT2D eigenvalue weighted by molar-refractivity contribution is 5.85. The molecule has 68 valence electrons. The predicted octanol–water partition coefficient (Wildman–Crippen LogP) is 1.31. The van der Waals surface area contributed by atoms with Gasteiger partial charge in [0.1, 0.15) is 0 Å². The molecule has 0 amide bonds. The molecule has 0 aromatic carbocycles. The Morgan fingerprint density at radius 3 is 2.09 bits per heavy atom. The van der Waals surface area contributed by atoms with E-state index in [1.165, 1.54) is 0 Å². The normalized spacial score (nSPS) is 34.1. The van der Waals surface area contributed by atoms with Crippen molar-refractivity contribution in [2.24, 2.45) is 11.7 Å². The minimum Gasteiger partial charge on any atom is -0.393 e. The zero-order valence-electron chi connectivity index (χ0n) is 6.99. The monoisotopic (exact) mass is 179 g/mol. The summed E-state index contributed by atoms with van der Waals surface area (Å²) in [5.74, 6) is 0.514. The van der Waals surface area contributed by atoms with E-state index in [0.717, 1.165) is 25.7 Å². The van der Waals surface area contributed by atoms with Gasteiger partial charge < -0.3 is 10.8 Å². The Kier molecular flexibility index (Phi) is 5.06. The Balaban J connectivity index is 0.000001000. The van der Waals surface area contributed by atoms with Crippen LogP contribution in [0.3, 0.4) is 0 Å². The molecule has 0 heterocycles. The van der Waals surface area contributed by atoms with Gasteiger partial charge in [-0.1, -0.05) is 0 Å². The van der Waals surface area contributed by atoms with Crippen LogP contribution in [0.1, 0.15) is 32.6 Å². The molecule has 0 aliphatic heterocycles. The van der Waals surface area contributed by atoms with Crippen molar-refractivity contribution in [3.8, 4) is 0 Å². The second-order valence-corrected chi connectivity index (χ2v) is 3.42. The van der Waals surface area contributed by atoms with Crippen LogP contribution in [-0.2, 0) is 0 Å². The van der Waals surface area contributed by atoms with Gasteiger partial charge in [-0.2, -0.15) is 0 Å². The third-order valence-corrected chi connectivity index (χ3v) is 2.50. The first kappa shape index (κ1) is 11.2. The summed E-state index contributed by atoms with van der Waals surface area (Å²) in [6.07, 6.45) is 4.27. The lowest BCUT2D eigenvalue weighted by Crippen LogP contribution is -2.30. The highest BCUT2D eigenvalue weighted by Gasteiger charge is 2.21. The van der Waals surface area contributed by atoms with Gasteiger partial charge in [0.15, 0.2) is 0 Å². The Bertz CT molecular complexity index is 100. The third-order valence-electron chi connectivity index (χ3n) is 2.50. The molecule has 1 aliphatic carbocycles. The van der Waals surface area contributed by atoms with Crippen molar-refractivity contribution in [3.63, 3.8) is 0 Å². The van der Waals surface area contributed by atoms with E-state index in [9.17, 15) is 5.11 Å². The number of hydrogen-bond acceptors (Lipinski definition) is 2. The van der Waals surface area contributed by atoms with Gasteiger partial charge >= 0.3 is 0 Å². The summed E-state index contributed by atoms with van der Waals surface area (Å²) in [5, 5.41) is 9.22. The fraction of sp³-hybridized carbons (Fsp3) is 1.00. The zero-order chi connectivity index (χ0) is 7.56. The number of aliphatic hydroxyl groups is 1. The fourth-order valence-corrected chi connectivity index (χ4v) is 1.63. The second-order valence-electron chi connectivity index (χ2n) is 3.42. The zero-order valence-corrected chi connectivity index (χ0v) is 7.81. The first-order valence-electron chi connectivity index (χ1n) is 4.14. The molecule has 3 heteroatoms. The molecule has 0 saturated heterocycles. The van der Waals surface area contributed by atoms with E-state index in [4.69, 9.17) is 5.73 Å². The molecule has 1 fully saturated rings. The van der Waals surface area contributed by atoms with Gasteiger partial charge in [0.25, 0.3) is 0 Å². The lowest BCUT2D eigenvalue weighted by molar-refractivity contribution is 0.0972. The van der Waals surface area contributed by atoms with Crippen molar-refractivity contribution >= 4 is 12.4 Å². The van der Waals surface area contributed by atoms with Crippen molar-refractivity contribution in [3.05, 3.63) is 0 Å². The summed E-state index contributed by atoms with van der Waals surface area (Å²) in [4.78, 5) is 0. The average molecular weight is 180 g/mol. The van der Waals surface area contributed by atoms with Crippen LogP contribution in [0.25, 0.3) is 0 Å². The maximum Gasteiger partial charge on any atom is 0.0540 e. The van der Waals surface area contributed by atoms with Crippen LogP contribution in [0.15, 0.2) is 0 Å². The molecule has 0 spiro atoms. The molecular formula is C8H18ClNO. The van der Waals surface area contributed by atoms with Gasteiger partial charge in [0, 0.05) is 6.04 Å². The van der Waals surface area contributed by atoms with Gasteiger partial charge in [0.2, 0.25) is 0 Å². The summed E-state index contributed by atoms with van der Waals surface area (Å²) in [7, 11) is 0. The maximum absolute atomic E-state index is 9.22. The van der Waals surface area contributed by atoms with Crippen LogP contribution < -0.4 is 5.73 Å². The first-order chi connectivity index (χ1) is 4.70. The van der Waals surface area contributed by atoms with E-state index < -0.39 is 0 Å². The summed E-state index contributed by atoms with van der Waals surface area (Å²) < 4.78 is 0. The average Bonchev–Trinajstić information content (AvgIpc) is 1.88. The number of aliphatic hydroxyl groups excluding tert-OH is 1. The van der Waals surface area contributed by atoms with Crippen LogP contribution in [0.5, 0.6) is 0 Å². The van der Waals surface area contributed by atoms with Crippen molar-refractivity contribution in [1.82, 2.24) is 0 Å². The van der Waals surface area contributed by atoms with Crippen LogP contribution in [0, 0.1) is 5.92 Å². The summed E-state index contributed by atoms with van der Waals surface area (Å²) in [5.41, 5.74) is 5.72. The molecule has 0 aromatic rings. The molecule has 0 bridgehead atoms. The number of nitrogens with two attached hydrogens (primary N) is 1. The van der Waals surface area contributed by atoms with Crippen molar-refractivity contribution in [1.29, 1.82) is 0 Å². The maximum atomic E-state index is 9.22. The number of rotatable bonds is 1. The lowest BCUT2D eigenvalue weighted by Gasteiger charge is -2.27. The van der Waals surface area contributed by atoms with Gasteiger partial charge in [-0.15, -0.1) is 12.4 Å². The predicted molar refractivity (Wildman–Crippen MR) is 48.9 cm³/mol. The molecule has 1 unspecified atom stereocenters. The molecule has 1 aliphatic rings. The molecule has 1 atom stereocenters. The van der Waals surface area contributed by atoms with E-state index in [1.54, 1.807) is 0 Å². The Hall–Kier alpha value is 0.210. The van der Waals surface area contributed by atoms with E-state index in [1.807, 2.05) is 6.92 Å². The molecule has 0 radical (unpaired) electrons. The number of hydrogen-bond donors (Lipinski definition) is 2. The first-order valence-corrected chi connectivity index (χ1v) is 4.14. The molecular weight excluding hydrogens is 162 g/mol. The minimum atomic E-state index is -0.132. The third kappa shape index (κ3) is 3.41. The largest absolute Gasteiger partial charge is 0.393 e. The molecule has 11 heavy (non-hydrogen) atoms. The van der Waals surface area contributed by atoms with Crippen molar-refractivity contribution in [2.75, 3.05) is 0 Å². The summed E-state index contributed by atoms with van der Waals surface area (Å²) in [6.45, 7) is 1.88. The molecule has 2 nitrogen and oxygen atoms in total. The van der Waals surface area contributed by atoms with Gasteiger partial charge in [-0.25, -0.2) is 0 Å². The van der Waals surface area contributed by atoms with E-state index in [2.05, 4.69) is 0 Å². The minimum absolute atomic E-state index is 0. The quantitative estimate of drug-likeness (QED) is 0.638. The lowest BCUT2D eigenvalue weighted by atomic mass is 9.84. The molecule has 3 N–H and O–H groups in total. The Morgan fingerprint density at radius 2 is 1.73 bits per heavy atom. The molecule has 0 aromatic heterocycles. The van der Waals surface area contributed by atoms with Crippen LogP contribution in [0.2, 0.25) is 0 Å².